The van der Waals surface area contributed by atoms with E-state index in [1.54, 1.807) is 39.0 Å². The number of hydrogen-bond acceptors (Lipinski definition) is 5. The summed E-state index contributed by atoms with van der Waals surface area (Å²) in [6.45, 7) is 5.32. The molecule has 0 amide bonds. The average molecular weight is 332 g/mol. The molecule has 5 heteroatoms. The van der Waals surface area contributed by atoms with Gasteiger partial charge in [-0.1, -0.05) is 6.42 Å². The number of carbonyl (C=O) groups is 2. The number of ketones is 1. The van der Waals surface area contributed by atoms with Crippen LogP contribution in [0.4, 0.5) is 4.79 Å². The zero-order valence-corrected chi connectivity index (χ0v) is 14.5. The Bertz CT molecular complexity index is 650. The first-order valence-corrected chi connectivity index (χ1v) is 8.54. The quantitative estimate of drug-likeness (QED) is 0.552. The van der Waals surface area contributed by atoms with Crippen molar-refractivity contribution >= 4 is 11.9 Å². The van der Waals surface area contributed by atoms with Gasteiger partial charge >= 0.3 is 6.16 Å². The van der Waals surface area contributed by atoms with E-state index in [2.05, 4.69) is 0 Å². The van der Waals surface area contributed by atoms with Crippen molar-refractivity contribution in [3.63, 3.8) is 0 Å². The van der Waals surface area contributed by atoms with Crippen LogP contribution in [0.1, 0.15) is 69.7 Å². The Morgan fingerprint density at radius 1 is 1.17 bits per heavy atom. The summed E-state index contributed by atoms with van der Waals surface area (Å²) in [5.74, 6) is 0.930. The molecule has 1 fully saturated rings. The maximum Gasteiger partial charge on any atom is 0.514 e. The molecule has 1 aliphatic carbocycles. The van der Waals surface area contributed by atoms with Crippen LogP contribution < -0.4 is 9.47 Å². The Kier molecular flexibility index (Phi) is 4.28. The van der Waals surface area contributed by atoms with Crippen LogP contribution in [0, 0.1) is 0 Å². The lowest BCUT2D eigenvalue weighted by Gasteiger charge is -2.40. The number of carbonyl (C=O) groups excluding carboxylic acids is 2. The van der Waals surface area contributed by atoms with Gasteiger partial charge in [0.15, 0.2) is 5.78 Å². The molecule has 1 aromatic carbocycles. The predicted molar refractivity (Wildman–Crippen MR) is 88.7 cm³/mol. The Morgan fingerprint density at radius 3 is 2.54 bits per heavy atom. The molecule has 0 bridgehead atoms. The van der Waals surface area contributed by atoms with Crippen LogP contribution in [0.5, 0.6) is 11.5 Å². The minimum Gasteiger partial charge on any atom is -0.486 e. The lowest BCUT2D eigenvalue weighted by atomic mass is 9.78. The Labute approximate surface area is 142 Å². The molecule has 5 nitrogen and oxygen atoms in total. The highest BCUT2D eigenvalue weighted by Crippen LogP contribution is 2.42. The Hall–Kier alpha value is -2.04. The standard InChI is InChI=1S/C19H24O5/c1-18(2,3)24-17(21)22-13-7-8-14-15(20)12-19(23-16(14)11-13)9-5-4-6-10-19/h7-8,11H,4-6,9-10,12H2,1-3H3. The second kappa shape index (κ2) is 6.11. The average Bonchev–Trinajstić information content (AvgIpc) is 2.45. The van der Waals surface area contributed by atoms with Crippen molar-refractivity contribution in [1.82, 2.24) is 0 Å². The minimum absolute atomic E-state index is 0.0990. The number of Topliss-reactive ketones (excluding diaryl/α,β-unsaturated/α-hetero) is 1. The molecule has 2 aliphatic rings. The summed E-state index contributed by atoms with van der Waals surface area (Å²) in [5.41, 5.74) is -0.445. The molecule has 1 heterocycles. The first-order chi connectivity index (χ1) is 11.3. The van der Waals surface area contributed by atoms with Crippen LogP contribution in [-0.2, 0) is 4.74 Å². The summed E-state index contributed by atoms with van der Waals surface area (Å²) in [5, 5.41) is 0. The molecule has 0 N–H and O–H groups in total. The third kappa shape index (κ3) is 3.71. The van der Waals surface area contributed by atoms with Crippen molar-refractivity contribution in [1.29, 1.82) is 0 Å². The zero-order valence-electron chi connectivity index (χ0n) is 14.5. The molecule has 130 valence electrons. The summed E-state index contributed by atoms with van der Waals surface area (Å²) in [6, 6.07) is 4.88. The number of hydrogen-bond donors (Lipinski definition) is 0. The van der Waals surface area contributed by atoms with Crippen LogP contribution in [-0.4, -0.2) is 23.1 Å². The molecule has 3 rings (SSSR count). The summed E-state index contributed by atoms with van der Waals surface area (Å²) in [6.07, 6.45) is 4.81. The smallest absolute Gasteiger partial charge is 0.486 e. The van der Waals surface area contributed by atoms with Gasteiger partial charge in [0.1, 0.15) is 22.7 Å². The van der Waals surface area contributed by atoms with E-state index >= 15 is 0 Å². The normalized spacial score (nSPS) is 19.4. The lowest BCUT2D eigenvalue weighted by Crippen LogP contribution is -2.43. The number of rotatable bonds is 1. The zero-order chi connectivity index (χ0) is 17.4. The molecule has 1 aliphatic heterocycles. The van der Waals surface area contributed by atoms with Crippen LogP contribution in [0.15, 0.2) is 18.2 Å². The second-order valence-electron chi connectivity index (χ2n) is 7.67. The molecule has 0 radical (unpaired) electrons. The summed E-state index contributed by atoms with van der Waals surface area (Å²) in [4.78, 5) is 24.3. The van der Waals surface area contributed by atoms with Crippen molar-refractivity contribution in [2.45, 2.75) is 70.5 Å². The lowest BCUT2D eigenvalue weighted by molar-refractivity contribution is 0.0129. The van der Waals surface area contributed by atoms with Crippen molar-refractivity contribution in [2.24, 2.45) is 0 Å². The van der Waals surface area contributed by atoms with Gasteiger partial charge < -0.3 is 14.2 Å². The van der Waals surface area contributed by atoms with Crippen LogP contribution in [0.3, 0.4) is 0 Å². The van der Waals surface area contributed by atoms with E-state index in [-0.39, 0.29) is 11.4 Å². The molecule has 24 heavy (non-hydrogen) atoms. The number of fused-ring (bicyclic) bond motifs is 1. The van der Waals surface area contributed by atoms with Gasteiger partial charge in [0.2, 0.25) is 0 Å². The SMILES string of the molecule is CC(C)(C)OC(=O)Oc1ccc2c(c1)OC1(CCCCC1)CC2=O. The fourth-order valence-electron chi connectivity index (χ4n) is 3.38. The van der Waals surface area contributed by atoms with Gasteiger partial charge in [0, 0.05) is 6.07 Å². The molecule has 1 spiro atoms. The summed E-state index contributed by atoms with van der Waals surface area (Å²) < 4.78 is 16.6. The van der Waals surface area contributed by atoms with E-state index in [9.17, 15) is 9.59 Å². The topological polar surface area (TPSA) is 61.8 Å². The van der Waals surface area contributed by atoms with Gasteiger partial charge in [0.25, 0.3) is 0 Å². The first-order valence-electron chi connectivity index (χ1n) is 8.54. The maximum absolute atomic E-state index is 12.5. The van der Waals surface area contributed by atoms with E-state index in [4.69, 9.17) is 14.2 Å². The molecule has 0 aromatic heterocycles. The van der Waals surface area contributed by atoms with Gasteiger partial charge in [0.05, 0.1) is 12.0 Å². The van der Waals surface area contributed by atoms with E-state index in [0.717, 1.165) is 25.7 Å². The van der Waals surface area contributed by atoms with Gasteiger partial charge in [-0.05, 0) is 58.6 Å². The van der Waals surface area contributed by atoms with Crippen molar-refractivity contribution in [3.05, 3.63) is 23.8 Å². The molecular weight excluding hydrogens is 308 g/mol. The van der Waals surface area contributed by atoms with E-state index in [1.165, 1.54) is 6.42 Å². The van der Waals surface area contributed by atoms with Gasteiger partial charge in [-0.3, -0.25) is 4.79 Å². The second-order valence-corrected chi connectivity index (χ2v) is 7.67. The van der Waals surface area contributed by atoms with E-state index in [1.807, 2.05) is 0 Å². The minimum atomic E-state index is -0.767. The van der Waals surface area contributed by atoms with E-state index < -0.39 is 11.8 Å². The monoisotopic (exact) mass is 332 g/mol. The van der Waals surface area contributed by atoms with Crippen molar-refractivity contribution in [3.8, 4) is 11.5 Å². The Balaban J connectivity index is 1.79. The maximum atomic E-state index is 12.5. The molecule has 1 saturated carbocycles. The fraction of sp³-hybridized carbons (Fsp3) is 0.579. The molecule has 0 atom stereocenters. The van der Waals surface area contributed by atoms with Crippen LogP contribution in [0.2, 0.25) is 0 Å². The molecule has 0 saturated heterocycles. The fourth-order valence-corrected chi connectivity index (χ4v) is 3.38. The number of benzene rings is 1. The highest BCUT2D eigenvalue weighted by molar-refractivity contribution is 6.00. The molecule has 1 aromatic rings. The first kappa shape index (κ1) is 16.8. The predicted octanol–water partition coefficient (Wildman–Crippen LogP) is 4.67. The number of ether oxygens (including phenoxy) is 3. The molecular formula is C19H24O5. The summed E-state index contributed by atoms with van der Waals surface area (Å²) >= 11 is 0. The van der Waals surface area contributed by atoms with Gasteiger partial charge in [-0.25, -0.2) is 4.79 Å². The molecule has 0 unspecified atom stereocenters. The van der Waals surface area contributed by atoms with Crippen molar-refractivity contribution in [2.75, 3.05) is 0 Å². The van der Waals surface area contributed by atoms with Gasteiger partial charge in [-0.2, -0.15) is 0 Å². The third-order valence-electron chi connectivity index (χ3n) is 4.42. The Morgan fingerprint density at radius 2 is 1.88 bits per heavy atom. The summed E-state index contributed by atoms with van der Waals surface area (Å²) in [7, 11) is 0. The van der Waals surface area contributed by atoms with E-state index in [0.29, 0.717) is 23.5 Å². The van der Waals surface area contributed by atoms with Crippen molar-refractivity contribution < 1.29 is 23.8 Å². The largest absolute Gasteiger partial charge is 0.514 e. The van der Waals surface area contributed by atoms with Gasteiger partial charge in [-0.15, -0.1) is 0 Å². The van der Waals surface area contributed by atoms with Crippen LogP contribution in [0.25, 0.3) is 0 Å². The van der Waals surface area contributed by atoms with Crippen LogP contribution >= 0.6 is 0 Å². The third-order valence-corrected chi connectivity index (χ3v) is 4.42. The highest BCUT2D eigenvalue weighted by atomic mass is 16.7. The highest BCUT2D eigenvalue weighted by Gasteiger charge is 2.41.